The maximum Gasteiger partial charge on any atom is 0.362 e. The van der Waals surface area contributed by atoms with Crippen molar-refractivity contribution in [3.8, 4) is 11.5 Å². The number of benzene rings is 4. The molecule has 64 heavy (non-hydrogen) atoms. The summed E-state index contributed by atoms with van der Waals surface area (Å²) in [5.74, 6) is -6.52. The number of esters is 4. The minimum atomic E-state index is -1.06. The van der Waals surface area contributed by atoms with Crippen LogP contribution < -0.4 is 9.47 Å². The van der Waals surface area contributed by atoms with Crippen LogP contribution in [-0.4, -0.2) is 86.3 Å². The molecule has 4 aromatic rings. The zero-order chi connectivity index (χ0) is 46.6. The molecule has 0 unspecified atom stereocenters. The number of para-hydroxylation sites is 1. The van der Waals surface area contributed by atoms with Gasteiger partial charge in [0.1, 0.15) is 5.70 Å². The van der Waals surface area contributed by atoms with Gasteiger partial charge in [0.2, 0.25) is 5.91 Å². The van der Waals surface area contributed by atoms with Crippen LogP contribution in [0.25, 0.3) is 0 Å². The molecule has 0 bridgehead atoms. The van der Waals surface area contributed by atoms with Crippen molar-refractivity contribution in [3.05, 3.63) is 155 Å². The van der Waals surface area contributed by atoms with Crippen molar-refractivity contribution in [2.45, 2.75) is 39.7 Å². The number of amides is 1. The number of ether oxygens (including phenoxy) is 3. The number of fused-ring (bicyclic) bond motifs is 1. The number of Topliss-reactive ketones (excluding diaryl/α,β-unsaturated/α-hetero) is 1. The lowest BCUT2D eigenvalue weighted by Gasteiger charge is -2.47. The lowest BCUT2D eigenvalue weighted by Crippen LogP contribution is -2.62. The van der Waals surface area contributed by atoms with E-state index in [1.54, 1.807) is 7.05 Å². The Morgan fingerprint density at radius 3 is 1.67 bits per heavy atom. The third-order valence-electron chi connectivity index (χ3n) is 10.9. The molecule has 1 fully saturated rings. The highest BCUT2D eigenvalue weighted by molar-refractivity contribution is 6.07. The van der Waals surface area contributed by atoms with E-state index < -0.39 is 56.1 Å². The van der Waals surface area contributed by atoms with Crippen molar-refractivity contribution < 1.29 is 57.7 Å². The molecular weight excluding hydrogens is 839 g/mol. The highest BCUT2D eigenvalue weighted by Gasteiger charge is 2.59. The first-order valence-corrected chi connectivity index (χ1v) is 19.7. The Labute approximate surface area is 363 Å². The first-order valence-electron chi connectivity index (χ1n) is 19.7. The van der Waals surface area contributed by atoms with E-state index in [-0.39, 0.29) is 100 Å². The number of rotatable bonds is 17. The van der Waals surface area contributed by atoms with Gasteiger partial charge >= 0.3 is 23.9 Å². The Morgan fingerprint density at radius 1 is 0.703 bits per heavy atom. The summed E-state index contributed by atoms with van der Waals surface area (Å²) in [6, 6.07) is 17.1. The summed E-state index contributed by atoms with van der Waals surface area (Å²) < 4.78 is 16.4. The molecule has 0 saturated carbocycles. The predicted octanol–water partition coefficient (Wildman–Crippen LogP) is 6.51. The monoisotopic (exact) mass is 877 g/mol. The first-order chi connectivity index (χ1) is 30.4. The van der Waals surface area contributed by atoms with Crippen LogP contribution in [0.3, 0.4) is 0 Å². The van der Waals surface area contributed by atoms with E-state index in [0.29, 0.717) is 5.57 Å². The molecule has 2 aliphatic rings. The maximum atomic E-state index is 13.9. The normalized spacial score (nSPS) is 16.5. The molecule has 3 atom stereocenters. The number of ketones is 1. The van der Waals surface area contributed by atoms with E-state index in [2.05, 4.69) is 0 Å². The number of hydrogen-bond acceptors (Lipinski definition) is 16. The molecule has 0 N–H and O–H groups in total. The van der Waals surface area contributed by atoms with Crippen LogP contribution in [0.2, 0.25) is 0 Å². The molecule has 20 heteroatoms. The fourth-order valence-corrected chi connectivity index (χ4v) is 7.62. The smallest absolute Gasteiger partial charge is 0.362 e. The highest BCUT2D eigenvalue weighted by Crippen LogP contribution is 2.49. The second kappa shape index (κ2) is 18.9. The molecule has 330 valence electrons. The summed E-state index contributed by atoms with van der Waals surface area (Å²) in [6.45, 7) is 6.04. The third-order valence-corrected chi connectivity index (χ3v) is 10.9. The molecule has 0 spiro atoms. The zero-order valence-corrected chi connectivity index (χ0v) is 34.7. The fraction of sp³-hybridized carbons (Fsp3) is 0.273. The van der Waals surface area contributed by atoms with Crippen molar-refractivity contribution in [1.29, 1.82) is 0 Å². The number of non-ortho nitro benzene ring substituents is 3. The van der Waals surface area contributed by atoms with Crippen molar-refractivity contribution in [3.63, 3.8) is 0 Å². The number of nitrogens with zero attached hydrogens (tertiary/aromatic N) is 5. The van der Waals surface area contributed by atoms with Crippen molar-refractivity contribution in [1.82, 2.24) is 9.80 Å². The van der Waals surface area contributed by atoms with Gasteiger partial charge in [0, 0.05) is 55.3 Å². The molecule has 20 nitrogen and oxygen atoms in total. The number of nitro groups is 3. The minimum Gasteiger partial charge on any atom is -0.419 e. The van der Waals surface area contributed by atoms with Gasteiger partial charge in [0.25, 0.3) is 17.1 Å². The van der Waals surface area contributed by atoms with Crippen LogP contribution in [0.5, 0.6) is 11.5 Å². The average molecular weight is 878 g/mol. The summed E-state index contributed by atoms with van der Waals surface area (Å²) in [6.07, 6.45) is 0.0702. The van der Waals surface area contributed by atoms with E-state index in [1.165, 1.54) is 23.1 Å². The van der Waals surface area contributed by atoms with Gasteiger partial charge in [-0.15, -0.1) is 0 Å². The highest BCUT2D eigenvalue weighted by atomic mass is 16.6. The molecule has 2 heterocycles. The number of carbonyl (C=O) groups excluding carboxylic acids is 6. The van der Waals surface area contributed by atoms with Crippen LogP contribution in [0.15, 0.2) is 102 Å². The van der Waals surface area contributed by atoms with Crippen LogP contribution >= 0.6 is 0 Å². The summed E-state index contributed by atoms with van der Waals surface area (Å²) in [4.78, 5) is 115. The van der Waals surface area contributed by atoms with Gasteiger partial charge in [0.15, 0.2) is 17.3 Å². The number of carbonyl (C=O) groups is 6. The molecule has 0 aromatic heterocycles. The first kappa shape index (κ1) is 45.5. The lowest BCUT2D eigenvalue weighted by atomic mass is 9.74. The summed E-state index contributed by atoms with van der Waals surface area (Å²) in [7, 11) is 1.72. The van der Waals surface area contributed by atoms with Gasteiger partial charge in [-0.2, -0.15) is 0 Å². The predicted molar refractivity (Wildman–Crippen MR) is 222 cm³/mol. The Hall–Kier alpha value is -8.00. The van der Waals surface area contributed by atoms with E-state index >= 15 is 0 Å². The Balaban J connectivity index is 1.19. The third kappa shape index (κ3) is 9.55. The molecule has 4 aromatic carbocycles. The van der Waals surface area contributed by atoms with Crippen LogP contribution in [0.1, 0.15) is 75.0 Å². The second-order valence-electron chi connectivity index (χ2n) is 15.4. The van der Waals surface area contributed by atoms with Crippen LogP contribution in [0.4, 0.5) is 17.1 Å². The topological polar surface area (TPSA) is 266 Å². The lowest BCUT2D eigenvalue weighted by molar-refractivity contribution is -0.385. The number of likely N-dealkylation sites (N-methyl/N-ethyl adjacent to an activating group) is 1. The fourth-order valence-electron chi connectivity index (χ4n) is 7.62. The van der Waals surface area contributed by atoms with Crippen molar-refractivity contribution >= 4 is 52.6 Å². The van der Waals surface area contributed by atoms with Gasteiger partial charge in [-0.3, -0.25) is 39.9 Å². The van der Waals surface area contributed by atoms with Gasteiger partial charge in [-0.05, 0) is 80.0 Å². The molecule has 6 rings (SSSR count). The number of nitro benzene ring substituents is 3. The zero-order valence-electron chi connectivity index (χ0n) is 34.7. The minimum absolute atomic E-state index is 0.0547. The van der Waals surface area contributed by atoms with Crippen LogP contribution in [0, 0.1) is 48.1 Å². The SMILES string of the molecule is CC(C)[C@H]1C(=O)N2C(C(=O)OC(=O)c3ccc([N+](=O)[O-])cc3)=C(CN(C)CCCC(=O)c3cccc(OC(=O)c4ccc([N+](=O)[O-])cc4)c3OC(=O)c3ccc([N+](=O)[O-])cc3)[C@H](C)[C@H]12. The van der Waals surface area contributed by atoms with Crippen molar-refractivity contribution in [2.75, 3.05) is 20.1 Å². The van der Waals surface area contributed by atoms with E-state index in [1.807, 2.05) is 25.7 Å². The van der Waals surface area contributed by atoms with Gasteiger partial charge in [-0.1, -0.05) is 26.8 Å². The molecule has 0 radical (unpaired) electrons. The Bertz CT molecular complexity index is 2610. The van der Waals surface area contributed by atoms with Crippen LogP contribution in [-0.2, 0) is 14.3 Å². The molecule has 2 aliphatic heterocycles. The summed E-state index contributed by atoms with van der Waals surface area (Å²) in [5.41, 5.74) is -0.862. The molecule has 1 saturated heterocycles. The quantitative estimate of drug-likeness (QED) is 0.0208. The van der Waals surface area contributed by atoms with Gasteiger partial charge in [-0.25, -0.2) is 19.2 Å². The van der Waals surface area contributed by atoms with E-state index in [4.69, 9.17) is 14.2 Å². The average Bonchev–Trinajstić information content (AvgIpc) is 3.50. The second-order valence-corrected chi connectivity index (χ2v) is 15.4. The largest absolute Gasteiger partial charge is 0.419 e. The maximum absolute atomic E-state index is 13.9. The standard InChI is InChI=1S/C44H39N5O15/c1-24(2)36-37-25(3)33(38(46(37)40(36)51)44(55)64-43(54)28-14-20-31(21-15-28)49(60)61)23-45(4)22-6-8-34(50)32-7-5-9-35(62-41(52)26-10-16-29(17-11-26)47(56)57)39(32)63-42(53)27-12-18-30(19-13-27)48(58)59/h5,7,9-21,24-25,36-37H,6,8,22-23H2,1-4H3/t25-,36+,37+/m0/s1. The Kier molecular flexibility index (Phi) is 13.5. The van der Waals surface area contributed by atoms with E-state index in [9.17, 15) is 59.1 Å². The molecule has 1 amide bonds. The van der Waals surface area contributed by atoms with Crippen molar-refractivity contribution in [2.24, 2.45) is 17.8 Å². The van der Waals surface area contributed by atoms with E-state index in [0.717, 1.165) is 72.8 Å². The number of hydrogen-bond donors (Lipinski definition) is 0. The van der Waals surface area contributed by atoms with Gasteiger partial charge < -0.3 is 24.0 Å². The molecule has 0 aliphatic carbocycles. The molecular formula is C44H39N5O15. The number of β-lactam (4-membered cyclic amide) rings is 1. The summed E-state index contributed by atoms with van der Waals surface area (Å²) >= 11 is 0. The van der Waals surface area contributed by atoms with Gasteiger partial charge in [0.05, 0.1) is 49.0 Å². The Morgan fingerprint density at radius 2 is 1.19 bits per heavy atom. The summed E-state index contributed by atoms with van der Waals surface area (Å²) in [5, 5.41) is 33.3.